The molecule has 3 aromatic rings. The lowest BCUT2D eigenvalue weighted by molar-refractivity contribution is 0.954. The highest BCUT2D eigenvalue weighted by molar-refractivity contribution is 5.97. The Morgan fingerprint density at radius 3 is 1.74 bits per heavy atom. The molecule has 138 valence electrons. The molecule has 27 heavy (non-hydrogen) atoms. The van der Waals surface area contributed by atoms with E-state index in [9.17, 15) is 0 Å². The Morgan fingerprint density at radius 1 is 0.630 bits per heavy atom. The van der Waals surface area contributed by atoms with E-state index in [1.54, 1.807) is 0 Å². The number of aryl methyl sites for hydroxylation is 2. The molecule has 0 saturated heterocycles. The molecule has 0 aliphatic carbocycles. The van der Waals surface area contributed by atoms with Crippen molar-refractivity contribution in [1.29, 1.82) is 0 Å². The predicted octanol–water partition coefficient (Wildman–Crippen LogP) is 3.88. The first-order chi connectivity index (χ1) is 13.2. The van der Waals surface area contributed by atoms with E-state index in [1.807, 2.05) is 18.2 Å². The maximum absolute atomic E-state index is 6.14. The fraction of sp³-hybridized carbons (Fsp3) is 0.208. The van der Waals surface area contributed by atoms with Gasteiger partial charge in [0.15, 0.2) is 0 Å². The van der Waals surface area contributed by atoms with E-state index in [4.69, 9.17) is 11.5 Å². The summed E-state index contributed by atoms with van der Waals surface area (Å²) < 4.78 is 0. The molecule has 0 unspecified atom stereocenters. The molecular weight excluding hydrogens is 330 g/mol. The Kier molecular flexibility index (Phi) is 6.78. The van der Waals surface area contributed by atoms with Crippen molar-refractivity contribution in [3.63, 3.8) is 0 Å². The summed E-state index contributed by atoms with van der Waals surface area (Å²) >= 11 is 0. The Hall–Kier alpha value is -2.91. The fourth-order valence-electron chi connectivity index (χ4n) is 3.01. The van der Waals surface area contributed by atoms with Gasteiger partial charge in [-0.25, -0.2) is 0 Å². The molecule has 0 fully saturated rings. The van der Waals surface area contributed by atoms with Crippen LogP contribution in [0.2, 0.25) is 0 Å². The van der Waals surface area contributed by atoms with Crippen molar-refractivity contribution in [3.8, 4) is 0 Å². The summed E-state index contributed by atoms with van der Waals surface area (Å²) in [5.41, 5.74) is 17.9. The highest BCUT2D eigenvalue weighted by Crippen LogP contribution is 2.11. The molecule has 0 bridgehead atoms. The van der Waals surface area contributed by atoms with Crippen molar-refractivity contribution >= 4 is 5.84 Å². The van der Waals surface area contributed by atoms with Gasteiger partial charge in [0.2, 0.25) is 0 Å². The molecule has 3 aromatic carbocycles. The number of hydrogen-bond acceptors (Lipinski definition) is 2. The first-order valence-corrected chi connectivity index (χ1v) is 9.45. The molecule has 0 atom stereocenters. The molecule has 0 radical (unpaired) electrons. The number of benzene rings is 3. The summed E-state index contributed by atoms with van der Waals surface area (Å²) in [7, 11) is 0. The Morgan fingerprint density at radius 2 is 1.15 bits per heavy atom. The summed E-state index contributed by atoms with van der Waals surface area (Å²) in [5.74, 6) is 0.606. The molecule has 4 N–H and O–H groups in total. The topological polar surface area (TPSA) is 64.4 Å². The van der Waals surface area contributed by atoms with Crippen molar-refractivity contribution < 1.29 is 0 Å². The molecule has 3 nitrogen and oxygen atoms in total. The summed E-state index contributed by atoms with van der Waals surface area (Å²) in [5, 5.41) is 0. The van der Waals surface area contributed by atoms with Crippen LogP contribution in [0.4, 0.5) is 0 Å². The monoisotopic (exact) mass is 357 g/mol. The number of aliphatic imine (C=N–C) groups is 1. The van der Waals surface area contributed by atoms with Crippen molar-refractivity contribution in [2.75, 3.05) is 6.54 Å². The zero-order chi connectivity index (χ0) is 18.9. The Labute approximate surface area is 161 Å². The van der Waals surface area contributed by atoms with Gasteiger partial charge in [0.1, 0.15) is 5.84 Å². The molecule has 3 heteroatoms. The molecule has 0 heterocycles. The van der Waals surface area contributed by atoms with Crippen LogP contribution in [0.15, 0.2) is 83.9 Å². The minimum atomic E-state index is 0.593. The minimum Gasteiger partial charge on any atom is -0.384 e. The smallest absolute Gasteiger partial charge is 0.125 e. The van der Waals surface area contributed by atoms with E-state index >= 15 is 0 Å². The summed E-state index contributed by atoms with van der Waals surface area (Å²) in [6, 6.07) is 27.3. The molecule has 0 spiro atoms. The average Bonchev–Trinajstić information content (AvgIpc) is 2.73. The van der Waals surface area contributed by atoms with E-state index in [-0.39, 0.29) is 0 Å². The van der Waals surface area contributed by atoms with Crippen LogP contribution >= 0.6 is 0 Å². The zero-order valence-electron chi connectivity index (χ0n) is 15.6. The predicted molar refractivity (Wildman–Crippen MR) is 114 cm³/mol. The van der Waals surface area contributed by atoms with Gasteiger partial charge in [0, 0.05) is 18.7 Å². The quantitative estimate of drug-likeness (QED) is 0.475. The summed E-state index contributed by atoms with van der Waals surface area (Å²) in [6.07, 6.45) is 2.93. The van der Waals surface area contributed by atoms with Gasteiger partial charge in [0.25, 0.3) is 0 Å². The SMILES string of the molecule is NCc1ccc(CCc2ccc(C(N)=NCCc3ccccc3)cc2)cc1. The van der Waals surface area contributed by atoms with Gasteiger partial charge in [-0.3, -0.25) is 4.99 Å². The third kappa shape index (κ3) is 5.80. The van der Waals surface area contributed by atoms with E-state index in [0.717, 1.165) is 24.8 Å². The molecule has 3 rings (SSSR count). The third-order valence-corrected chi connectivity index (χ3v) is 4.74. The average molecular weight is 358 g/mol. The fourth-order valence-corrected chi connectivity index (χ4v) is 3.01. The zero-order valence-corrected chi connectivity index (χ0v) is 15.6. The largest absolute Gasteiger partial charge is 0.384 e. The van der Waals surface area contributed by atoms with E-state index in [0.29, 0.717) is 18.9 Å². The third-order valence-electron chi connectivity index (χ3n) is 4.74. The molecule has 0 saturated carbocycles. The van der Waals surface area contributed by atoms with E-state index < -0.39 is 0 Å². The van der Waals surface area contributed by atoms with Crippen molar-refractivity contribution in [2.24, 2.45) is 16.5 Å². The van der Waals surface area contributed by atoms with Gasteiger partial charge in [-0.1, -0.05) is 78.9 Å². The van der Waals surface area contributed by atoms with Crippen molar-refractivity contribution in [3.05, 3.63) is 107 Å². The molecule has 0 aromatic heterocycles. The van der Waals surface area contributed by atoms with Gasteiger partial charge in [-0.05, 0) is 41.5 Å². The second-order valence-electron chi connectivity index (χ2n) is 6.72. The van der Waals surface area contributed by atoms with Gasteiger partial charge >= 0.3 is 0 Å². The minimum absolute atomic E-state index is 0.593. The highest BCUT2D eigenvalue weighted by atomic mass is 14.8. The number of amidine groups is 1. The second kappa shape index (κ2) is 9.70. The molecule has 0 amide bonds. The van der Waals surface area contributed by atoms with Gasteiger partial charge < -0.3 is 11.5 Å². The molecular formula is C24H27N3. The number of nitrogens with zero attached hydrogens (tertiary/aromatic N) is 1. The number of nitrogens with two attached hydrogens (primary N) is 2. The summed E-state index contributed by atoms with van der Waals surface area (Å²) in [4.78, 5) is 4.51. The van der Waals surface area contributed by atoms with Crippen LogP contribution in [-0.2, 0) is 25.8 Å². The van der Waals surface area contributed by atoms with Crippen LogP contribution in [-0.4, -0.2) is 12.4 Å². The lowest BCUT2D eigenvalue weighted by Crippen LogP contribution is -2.14. The van der Waals surface area contributed by atoms with Crippen molar-refractivity contribution in [2.45, 2.75) is 25.8 Å². The van der Waals surface area contributed by atoms with Crippen molar-refractivity contribution in [1.82, 2.24) is 0 Å². The van der Waals surface area contributed by atoms with Crippen LogP contribution in [0.1, 0.15) is 27.8 Å². The molecule has 0 aliphatic rings. The number of hydrogen-bond donors (Lipinski definition) is 2. The Bertz CT molecular complexity index is 850. The lowest BCUT2D eigenvalue weighted by Gasteiger charge is -2.06. The normalized spacial score (nSPS) is 11.5. The first kappa shape index (κ1) is 18.9. The van der Waals surface area contributed by atoms with Gasteiger partial charge in [0.05, 0.1) is 0 Å². The van der Waals surface area contributed by atoms with Gasteiger partial charge in [-0.2, -0.15) is 0 Å². The summed E-state index contributed by atoms with van der Waals surface area (Å²) in [6.45, 7) is 1.30. The molecule has 0 aliphatic heterocycles. The van der Waals surface area contributed by atoms with Crippen LogP contribution in [0.25, 0.3) is 0 Å². The van der Waals surface area contributed by atoms with Crippen LogP contribution in [0, 0.1) is 0 Å². The second-order valence-corrected chi connectivity index (χ2v) is 6.72. The van der Waals surface area contributed by atoms with E-state index in [1.165, 1.54) is 22.3 Å². The number of rotatable bonds is 8. The standard InChI is InChI=1S/C24H27N3/c25-18-22-10-8-20(9-11-22)6-7-21-12-14-23(15-13-21)24(26)27-17-16-19-4-2-1-3-5-19/h1-5,8-15H,6-7,16-18,25H2,(H2,26,27). The lowest BCUT2D eigenvalue weighted by atomic mass is 10.0. The maximum atomic E-state index is 6.14. The van der Waals surface area contributed by atoms with Crippen LogP contribution in [0.5, 0.6) is 0 Å². The maximum Gasteiger partial charge on any atom is 0.125 e. The van der Waals surface area contributed by atoms with E-state index in [2.05, 4.69) is 65.7 Å². The van der Waals surface area contributed by atoms with Crippen LogP contribution in [0.3, 0.4) is 0 Å². The highest BCUT2D eigenvalue weighted by Gasteiger charge is 2.01. The first-order valence-electron chi connectivity index (χ1n) is 9.45. The Balaban J connectivity index is 1.51. The van der Waals surface area contributed by atoms with Crippen LogP contribution < -0.4 is 11.5 Å². The van der Waals surface area contributed by atoms with Gasteiger partial charge in [-0.15, -0.1) is 0 Å².